The lowest BCUT2D eigenvalue weighted by atomic mass is 9.86. The summed E-state index contributed by atoms with van der Waals surface area (Å²) < 4.78 is 22.6. The van der Waals surface area contributed by atoms with Crippen LogP contribution in [0.3, 0.4) is 0 Å². The van der Waals surface area contributed by atoms with E-state index in [2.05, 4.69) is 0 Å². The van der Waals surface area contributed by atoms with E-state index in [1.54, 1.807) is 0 Å². The van der Waals surface area contributed by atoms with Gasteiger partial charge >= 0.3 is 15.3 Å². The molecule has 2 aromatic carbocycles. The summed E-state index contributed by atoms with van der Waals surface area (Å²) in [7, 11) is -9.77. The Bertz CT molecular complexity index is 1220. The first-order chi connectivity index (χ1) is 13.8. The van der Waals surface area contributed by atoms with E-state index in [1.165, 1.54) is 0 Å². The molecule has 156 valence electrons. The Labute approximate surface area is 167 Å². The summed E-state index contributed by atoms with van der Waals surface area (Å²) in [5.41, 5.74) is -0.696. The van der Waals surface area contributed by atoms with Crippen molar-refractivity contribution in [2.45, 2.75) is 0 Å². The zero-order valence-corrected chi connectivity index (χ0v) is 16.5. The second kappa shape index (κ2) is 6.39. The topological polar surface area (TPSA) is 190 Å². The van der Waals surface area contributed by atoms with E-state index in [0.29, 0.717) is 4.90 Å². The first-order valence-corrected chi connectivity index (χ1v) is 11.6. The van der Waals surface area contributed by atoms with Gasteiger partial charge in [-0.2, -0.15) is 4.67 Å². The van der Waals surface area contributed by atoms with Gasteiger partial charge in [0.25, 0.3) is 23.6 Å². The molecule has 2 aliphatic rings. The van der Waals surface area contributed by atoms with Crippen LogP contribution in [0.2, 0.25) is 0 Å². The van der Waals surface area contributed by atoms with Crippen LogP contribution in [0.4, 0.5) is 0 Å². The molecule has 0 aliphatic carbocycles. The molecule has 2 aliphatic heterocycles. The maximum Gasteiger partial charge on any atom is 0.439 e. The van der Waals surface area contributed by atoms with Crippen LogP contribution in [0.25, 0.3) is 10.8 Å². The van der Waals surface area contributed by atoms with Gasteiger partial charge in [0.15, 0.2) is 0 Å². The maximum absolute atomic E-state index is 12.8. The van der Waals surface area contributed by atoms with Crippen LogP contribution >= 0.6 is 15.3 Å². The molecule has 4 amide bonds. The molecule has 14 heteroatoms. The van der Waals surface area contributed by atoms with Gasteiger partial charge in [-0.1, -0.05) is 0 Å². The number of hydrogen-bond donors (Lipinski definition) is 4. The molecule has 0 fully saturated rings. The highest BCUT2D eigenvalue weighted by Crippen LogP contribution is 2.47. The first-order valence-electron chi connectivity index (χ1n) is 8.28. The van der Waals surface area contributed by atoms with Gasteiger partial charge in [0.05, 0.1) is 6.16 Å². The molecule has 12 nitrogen and oxygen atoms in total. The van der Waals surface area contributed by atoms with Crippen LogP contribution in [0, 0.1) is 0 Å². The molecule has 0 aromatic heterocycles. The number of carbonyl (C=O) groups excluding carboxylic acids is 4. The molecular formula is C16H12N2O10P2. The van der Waals surface area contributed by atoms with Crippen molar-refractivity contribution in [2.75, 3.05) is 12.7 Å². The summed E-state index contributed by atoms with van der Waals surface area (Å²) in [6.07, 6.45) is -0.743. The fraction of sp³-hybridized carbons (Fsp3) is 0.125. The number of nitrogens with zero attached hydrogens (tertiary/aromatic N) is 2. The average Bonchev–Trinajstić information content (AvgIpc) is 2.62. The van der Waals surface area contributed by atoms with Crippen LogP contribution in [0.5, 0.6) is 0 Å². The second-order valence-electron chi connectivity index (χ2n) is 6.66. The lowest BCUT2D eigenvalue weighted by molar-refractivity contribution is 0.0611. The lowest BCUT2D eigenvalue weighted by Crippen LogP contribution is -2.43. The van der Waals surface area contributed by atoms with E-state index < -0.39 is 51.7 Å². The molecule has 0 atom stereocenters. The molecule has 0 saturated heterocycles. The molecule has 0 saturated carbocycles. The zero-order chi connectivity index (χ0) is 22.2. The second-order valence-corrected chi connectivity index (χ2v) is 9.86. The molecule has 0 bridgehead atoms. The Hall–Kier alpha value is -2.72. The van der Waals surface area contributed by atoms with E-state index in [1.807, 2.05) is 0 Å². The molecule has 30 heavy (non-hydrogen) atoms. The minimum Gasteiger partial charge on any atom is -0.324 e. The molecule has 4 rings (SSSR count). The highest BCUT2D eigenvalue weighted by Gasteiger charge is 2.45. The quantitative estimate of drug-likeness (QED) is 0.369. The Kier molecular flexibility index (Phi) is 4.37. The molecule has 0 spiro atoms. The van der Waals surface area contributed by atoms with Gasteiger partial charge in [-0.15, -0.1) is 0 Å². The number of imide groups is 2. The van der Waals surface area contributed by atoms with Gasteiger partial charge in [0.2, 0.25) is 0 Å². The van der Waals surface area contributed by atoms with Gasteiger partial charge in [-0.25, -0.2) is 4.57 Å². The van der Waals surface area contributed by atoms with Crippen LogP contribution in [-0.2, 0) is 9.13 Å². The average molecular weight is 454 g/mol. The molecule has 0 unspecified atom stereocenters. The van der Waals surface area contributed by atoms with Crippen LogP contribution in [0.1, 0.15) is 41.4 Å². The van der Waals surface area contributed by atoms with Crippen LogP contribution in [-0.4, -0.2) is 65.5 Å². The third kappa shape index (κ3) is 2.93. The monoisotopic (exact) mass is 454 g/mol. The number of carbonyl (C=O) groups is 4. The predicted molar refractivity (Wildman–Crippen MR) is 98.8 cm³/mol. The summed E-state index contributed by atoms with van der Waals surface area (Å²) in [6.45, 7) is -0.545. The highest BCUT2D eigenvalue weighted by atomic mass is 31.2. The van der Waals surface area contributed by atoms with Crippen molar-refractivity contribution in [3.63, 3.8) is 0 Å². The van der Waals surface area contributed by atoms with Gasteiger partial charge in [0, 0.05) is 39.6 Å². The Morgan fingerprint density at radius 2 is 1.03 bits per heavy atom. The van der Waals surface area contributed by atoms with E-state index in [4.69, 9.17) is 9.79 Å². The van der Waals surface area contributed by atoms with Crippen molar-refractivity contribution < 1.29 is 47.9 Å². The van der Waals surface area contributed by atoms with Gasteiger partial charge < -0.3 is 19.6 Å². The number of benzene rings is 2. The largest absolute Gasteiger partial charge is 0.439 e. The third-order valence-corrected chi connectivity index (χ3v) is 6.50. The third-order valence-electron chi connectivity index (χ3n) is 4.83. The number of rotatable bonds is 4. The number of amides is 4. The zero-order valence-electron chi connectivity index (χ0n) is 14.8. The van der Waals surface area contributed by atoms with E-state index in [9.17, 15) is 38.1 Å². The van der Waals surface area contributed by atoms with Crippen molar-refractivity contribution in [1.29, 1.82) is 0 Å². The summed E-state index contributed by atoms with van der Waals surface area (Å²) in [5, 5.41) is -0.111. The van der Waals surface area contributed by atoms with Crippen molar-refractivity contribution >= 4 is 49.7 Å². The van der Waals surface area contributed by atoms with Gasteiger partial charge in [-0.05, 0) is 24.3 Å². The lowest BCUT2D eigenvalue weighted by Gasteiger charge is -2.31. The van der Waals surface area contributed by atoms with Crippen molar-refractivity contribution in [1.82, 2.24) is 9.57 Å². The molecule has 2 aromatic rings. The van der Waals surface area contributed by atoms with E-state index in [0.717, 1.165) is 24.3 Å². The van der Waals surface area contributed by atoms with Crippen LogP contribution in [0.15, 0.2) is 24.3 Å². The molecule has 0 radical (unpaired) electrons. The van der Waals surface area contributed by atoms with E-state index in [-0.39, 0.29) is 37.7 Å². The Morgan fingerprint density at radius 1 is 0.667 bits per heavy atom. The summed E-state index contributed by atoms with van der Waals surface area (Å²) in [4.78, 5) is 88.3. The number of hydrogen-bond acceptors (Lipinski definition) is 6. The summed E-state index contributed by atoms with van der Waals surface area (Å²) in [5.74, 6) is -4.29. The fourth-order valence-electron chi connectivity index (χ4n) is 3.58. The summed E-state index contributed by atoms with van der Waals surface area (Å²) >= 11 is 0. The Balaban J connectivity index is 1.93. The molecular weight excluding hydrogens is 442 g/mol. The molecule has 2 heterocycles. The normalized spacial score (nSPS) is 16.7. The van der Waals surface area contributed by atoms with Crippen molar-refractivity contribution in [3.05, 3.63) is 46.5 Å². The smallest absolute Gasteiger partial charge is 0.324 e. The van der Waals surface area contributed by atoms with Gasteiger partial charge in [-0.3, -0.25) is 28.6 Å². The summed E-state index contributed by atoms with van der Waals surface area (Å²) in [6, 6.07) is 4.54. The maximum atomic E-state index is 12.8. The minimum atomic E-state index is -5.27. The molecule has 4 N–H and O–H groups in total. The highest BCUT2D eigenvalue weighted by molar-refractivity contribution is 7.51. The van der Waals surface area contributed by atoms with E-state index >= 15 is 0 Å². The van der Waals surface area contributed by atoms with Gasteiger partial charge in [0.1, 0.15) is 0 Å². The van der Waals surface area contributed by atoms with Crippen molar-refractivity contribution in [2.24, 2.45) is 0 Å². The Morgan fingerprint density at radius 3 is 1.37 bits per heavy atom. The first kappa shape index (κ1) is 20.5. The predicted octanol–water partition coefficient (Wildman–Crippen LogP) is 0.302. The minimum absolute atomic E-state index is 0.0282. The SMILES string of the molecule is O=C1c2ccc3c4c(ccc(c24)C(=O)N1CCP(=O)(O)O)C(=O)N(P(=O)(O)O)C3=O. The van der Waals surface area contributed by atoms with Crippen molar-refractivity contribution in [3.8, 4) is 0 Å². The van der Waals surface area contributed by atoms with Crippen LogP contribution < -0.4 is 0 Å². The fourth-order valence-corrected chi connectivity index (χ4v) is 4.73. The standard InChI is InChI=1S/C16H12N2O10P2/c19-13-7-1-3-9-12-10(16(22)18(15(9)21)30(26,27)28)4-2-8(11(7)12)14(20)17(13)5-6-29(23,24)25/h1-4H,5-6H2,(H2,23,24,25)(H2,26,27,28).